The monoisotopic (exact) mass is 400 g/mol. The van der Waals surface area contributed by atoms with Crippen LogP contribution in [0, 0.1) is 12.7 Å². The van der Waals surface area contributed by atoms with Crippen molar-refractivity contribution in [2.75, 3.05) is 0 Å². The molecule has 1 heterocycles. The second-order valence-electron chi connectivity index (χ2n) is 7.12. The Labute approximate surface area is 174 Å². The van der Waals surface area contributed by atoms with Crippen molar-refractivity contribution in [1.82, 2.24) is 9.78 Å². The third kappa shape index (κ3) is 4.15. The summed E-state index contributed by atoms with van der Waals surface area (Å²) in [5.74, 6) is -0.170. The molecule has 5 heteroatoms. The molecule has 0 aliphatic heterocycles. The second kappa shape index (κ2) is 8.33. The molecule has 0 aliphatic rings. The average Bonchev–Trinajstić information content (AvgIpc) is 3.25. The van der Waals surface area contributed by atoms with Crippen molar-refractivity contribution in [3.63, 3.8) is 0 Å². The summed E-state index contributed by atoms with van der Waals surface area (Å²) in [7, 11) is 0. The minimum atomic E-state index is -0.445. The molecule has 0 bridgehead atoms. The van der Waals surface area contributed by atoms with E-state index in [0.717, 1.165) is 11.1 Å². The first-order valence-electron chi connectivity index (χ1n) is 9.70. The van der Waals surface area contributed by atoms with Gasteiger partial charge in [-0.15, -0.1) is 0 Å². The van der Waals surface area contributed by atoms with Crippen molar-refractivity contribution in [2.45, 2.75) is 20.0 Å². The van der Waals surface area contributed by atoms with E-state index in [-0.39, 0.29) is 11.7 Å². The Bertz CT molecular complexity index is 1170. The Kier molecular flexibility index (Phi) is 5.44. The van der Waals surface area contributed by atoms with Crippen molar-refractivity contribution in [3.8, 4) is 16.9 Å². The fourth-order valence-electron chi connectivity index (χ4n) is 3.18. The molecule has 30 heavy (non-hydrogen) atoms. The van der Waals surface area contributed by atoms with Crippen LogP contribution < -0.4 is 4.74 Å². The lowest BCUT2D eigenvalue weighted by molar-refractivity contribution is 0.0943. The van der Waals surface area contributed by atoms with Crippen LogP contribution in [0.5, 0.6) is 5.75 Å². The zero-order chi connectivity index (χ0) is 21.1. The van der Waals surface area contributed by atoms with E-state index >= 15 is 0 Å². The highest BCUT2D eigenvalue weighted by molar-refractivity contribution is 5.95. The first-order chi connectivity index (χ1) is 14.5. The molecule has 3 aromatic carbocycles. The predicted molar refractivity (Wildman–Crippen MR) is 114 cm³/mol. The molecule has 1 atom stereocenters. The van der Waals surface area contributed by atoms with Crippen molar-refractivity contribution in [1.29, 1.82) is 0 Å². The van der Waals surface area contributed by atoms with Crippen LogP contribution in [0.1, 0.15) is 34.6 Å². The molecule has 0 saturated carbocycles. The molecular weight excluding hydrogens is 379 g/mol. The molecule has 0 fully saturated rings. The molecule has 0 N–H and O–H groups in total. The Morgan fingerprint density at radius 1 is 1.00 bits per heavy atom. The van der Waals surface area contributed by atoms with Gasteiger partial charge in [-0.05, 0) is 49.7 Å². The number of ether oxygens (including phenoxy) is 1. The molecule has 150 valence electrons. The fourth-order valence-corrected chi connectivity index (χ4v) is 3.18. The summed E-state index contributed by atoms with van der Waals surface area (Å²) >= 11 is 0. The highest BCUT2D eigenvalue weighted by Crippen LogP contribution is 2.28. The number of carbonyl (C=O) groups is 1. The van der Waals surface area contributed by atoms with E-state index in [1.54, 1.807) is 36.5 Å². The molecule has 4 rings (SSSR count). The number of halogens is 1. The quantitative estimate of drug-likeness (QED) is 0.424. The van der Waals surface area contributed by atoms with Crippen molar-refractivity contribution in [2.24, 2.45) is 0 Å². The summed E-state index contributed by atoms with van der Waals surface area (Å²) in [6, 6.07) is 23.2. The van der Waals surface area contributed by atoms with E-state index in [1.807, 2.05) is 56.3 Å². The minimum absolute atomic E-state index is 0.216. The molecule has 1 unspecified atom stereocenters. The number of aryl methyl sites for hydroxylation is 1. The van der Waals surface area contributed by atoms with Gasteiger partial charge in [0.2, 0.25) is 0 Å². The van der Waals surface area contributed by atoms with Gasteiger partial charge in [0.1, 0.15) is 23.4 Å². The smallest absolute Gasteiger partial charge is 0.278 e. The zero-order valence-electron chi connectivity index (χ0n) is 16.7. The van der Waals surface area contributed by atoms with Crippen LogP contribution in [0.2, 0.25) is 0 Å². The number of benzene rings is 3. The number of hydrogen-bond acceptors (Lipinski definition) is 3. The molecule has 1 aromatic heterocycles. The lowest BCUT2D eigenvalue weighted by atomic mass is 10.1. The van der Waals surface area contributed by atoms with Gasteiger partial charge < -0.3 is 4.74 Å². The molecule has 0 amide bonds. The fraction of sp³-hybridized carbons (Fsp3) is 0.120. The summed E-state index contributed by atoms with van der Waals surface area (Å²) in [5, 5.41) is 4.34. The molecule has 0 aliphatic carbocycles. The maximum atomic E-state index is 14.6. The Balaban J connectivity index is 1.48. The van der Waals surface area contributed by atoms with Gasteiger partial charge in [0.15, 0.2) is 0 Å². The first kappa shape index (κ1) is 19.6. The molecule has 0 radical (unpaired) electrons. The first-order valence-corrected chi connectivity index (χ1v) is 9.70. The number of carbonyl (C=O) groups excluding carboxylic acids is 1. The van der Waals surface area contributed by atoms with Crippen LogP contribution in [0.15, 0.2) is 85.1 Å². The lowest BCUT2D eigenvalue weighted by Crippen LogP contribution is -2.14. The van der Waals surface area contributed by atoms with Gasteiger partial charge in [0.25, 0.3) is 5.91 Å². The van der Waals surface area contributed by atoms with Crippen LogP contribution >= 0.6 is 0 Å². The zero-order valence-corrected chi connectivity index (χ0v) is 16.7. The number of nitrogens with zero attached hydrogens (tertiary/aromatic N) is 2. The Hall–Kier alpha value is -3.73. The average molecular weight is 400 g/mol. The highest BCUT2D eigenvalue weighted by atomic mass is 19.1. The van der Waals surface area contributed by atoms with E-state index in [2.05, 4.69) is 5.10 Å². The van der Waals surface area contributed by atoms with Gasteiger partial charge in [0.05, 0.1) is 0 Å². The molecule has 4 nitrogen and oxygen atoms in total. The van der Waals surface area contributed by atoms with Gasteiger partial charge in [-0.25, -0.2) is 9.07 Å². The van der Waals surface area contributed by atoms with Gasteiger partial charge in [-0.2, -0.15) is 5.10 Å². The number of hydrogen-bond donors (Lipinski definition) is 0. The van der Waals surface area contributed by atoms with E-state index in [9.17, 15) is 9.18 Å². The van der Waals surface area contributed by atoms with Crippen molar-refractivity contribution < 1.29 is 13.9 Å². The molecule has 0 saturated heterocycles. The van der Waals surface area contributed by atoms with E-state index in [1.165, 1.54) is 10.7 Å². The van der Waals surface area contributed by atoms with Crippen LogP contribution in [-0.4, -0.2) is 15.7 Å². The lowest BCUT2D eigenvalue weighted by Gasteiger charge is -2.13. The maximum absolute atomic E-state index is 14.6. The molecule has 4 aromatic rings. The highest BCUT2D eigenvalue weighted by Gasteiger charge is 2.16. The van der Waals surface area contributed by atoms with E-state index < -0.39 is 6.10 Å². The van der Waals surface area contributed by atoms with Crippen LogP contribution in [-0.2, 0) is 0 Å². The largest absolute Gasteiger partial charge is 0.484 e. The van der Waals surface area contributed by atoms with Crippen LogP contribution in [0.25, 0.3) is 11.1 Å². The van der Waals surface area contributed by atoms with Crippen molar-refractivity contribution in [3.05, 3.63) is 108 Å². The number of aromatic nitrogens is 2. The van der Waals surface area contributed by atoms with E-state index in [4.69, 9.17) is 4.74 Å². The van der Waals surface area contributed by atoms with E-state index in [0.29, 0.717) is 22.6 Å². The standard InChI is InChI=1S/C25H21FN2O2/c1-17-8-10-20(11-9-17)25(29)28-15-14-24(27-28)18(2)30-21-12-13-22(23(26)16-21)19-6-4-3-5-7-19/h3-16,18H,1-2H3. The third-order valence-electron chi connectivity index (χ3n) is 4.87. The summed E-state index contributed by atoms with van der Waals surface area (Å²) in [6.45, 7) is 3.78. The second-order valence-corrected chi connectivity index (χ2v) is 7.12. The number of rotatable bonds is 5. The third-order valence-corrected chi connectivity index (χ3v) is 4.87. The predicted octanol–water partition coefficient (Wildman–Crippen LogP) is 5.83. The van der Waals surface area contributed by atoms with Gasteiger partial charge in [-0.1, -0.05) is 48.0 Å². The SMILES string of the molecule is Cc1ccc(C(=O)n2ccc(C(C)Oc3ccc(-c4ccccc4)c(F)c3)n2)cc1. The summed E-state index contributed by atoms with van der Waals surface area (Å²) in [5.41, 5.74) is 3.55. The maximum Gasteiger partial charge on any atom is 0.278 e. The molecular formula is C25H21FN2O2. The van der Waals surface area contributed by atoms with Crippen LogP contribution in [0.4, 0.5) is 4.39 Å². The summed E-state index contributed by atoms with van der Waals surface area (Å²) < 4.78 is 21.7. The summed E-state index contributed by atoms with van der Waals surface area (Å²) in [6.07, 6.45) is 1.16. The van der Waals surface area contributed by atoms with Crippen molar-refractivity contribution >= 4 is 5.91 Å². The van der Waals surface area contributed by atoms with Gasteiger partial charge in [0, 0.05) is 23.4 Å². The summed E-state index contributed by atoms with van der Waals surface area (Å²) in [4.78, 5) is 12.6. The Morgan fingerprint density at radius 3 is 2.43 bits per heavy atom. The van der Waals surface area contributed by atoms with Gasteiger partial charge >= 0.3 is 0 Å². The minimum Gasteiger partial charge on any atom is -0.484 e. The van der Waals surface area contributed by atoms with Crippen LogP contribution in [0.3, 0.4) is 0 Å². The topological polar surface area (TPSA) is 44.1 Å². The molecule has 0 spiro atoms. The normalized spacial score (nSPS) is 11.8. The Morgan fingerprint density at radius 2 is 1.73 bits per heavy atom. The van der Waals surface area contributed by atoms with Gasteiger partial charge in [-0.3, -0.25) is 4.79 Å².